The first kappa shape index (κ1) is 17.1. The summed E-state index contributed by atoms with van der Waals surface area (Å²) in [5.41, 5.74) is 6.73. The lowest BCUT2D eigenvalue weighted by Gasteiger charge is -2.31. The van der Waals surface area contributed by atoms with Crippen LogP contribution in [-0.4, -0.2) is 37.6 Å². The summed E-state index contributed by atoms with van der Waals surface area (Å²) in [5.74, 6) is 0.539. The first-order chi connectivity index (χ1) is 9.11. The number of amides is 1. The predicted molar refractivity (Wildman–Crippen MR) is 83.6 cm³/mol. The van der Waals surface area contributed by atoms with Crippen molar-refractivity contribution in [2.24, 2.45) is 5.92 Å². The highest BCUT2D eigenvalue weighted by Crippen LogP contribution is 2.24. The number of nitrogens with zero attached hydrogens (tertiary/aromatic N) is 1. The zero-order chi connectivity index (χ0) is 13.8. The standard InChI is InChI=1S/C14H19ClN2O2.ClH/c1-19-9-10-4-6-17(7-5-10)14(18)12-3-2-11(16)8-13(12)15;/h2-3,8,10H,4-7,9,16H2,1H3;1H. The number of benzene rings is 1. The SMILES string of the molecule is COCC1CCN(C(=O)c2ccc(N)cc2Cl)CC1.Cl. The molecule has 0 aromatic heterocycles. The Kier molecular flexibility index (Phi) is 6.59. The third-order valence-corrected chi connectivity index (χ3v) is 3.84. The number of ether oxygens (including phenoxy) is 1. The topological polar surface area (TPSA) is 55.6 Å². The van der Waals surface area contributed by atoms with Gasteiger partial charge >= 0.3 is 0 Å². The van der Waals surface area contributed by atoms with Crippen LogP contribution in [0.2, 0.25) is 5.02 Å². The molecule has 0 radical (unpaired) electrons. The second kappa shape index (κ2) is 7.72. The van der Waals surface area contributed by atoms with Gasteiger partial charge in [0.15, 0.2) is 0 Å². The molecule has 6 heteroatoms. The summed E-state index contributed by atoms with van der Waals surface area (Å²) in [7, 11) is 1.71. The van der Waals surface area contributed by atoms with E-state index in [1.165, 1.54) is 0 Å². The van der Waals surface area contributed by atoms with Gasteiger partial charge in [0.1, 0.15) is 0 Å². The molecule has 2 rings (SSSR count). The summed E-state index contributed by atoms with van der Waals surface area (Å²) in [6.45, 7) is 2.28. The van der Waals surface area contributed by atoms with Gasteiger partial charge in [-0.3, -0.25) is 4.79 Å². The van der Waals surface area contributed by atoms with Crippen molar-refractivity contribution in [2.45, 2.75) is 12.8 Å². The molecule has 1 aromatic carbocycles. The van der Waals surface area contributed by atoms with E-state index in [1.807, 2.05) is 4.90 Å². The van der Waals surface area contributed by atoms with Crippen LogP contribution in [-0.2, 0) is 4.74 Å². The molecule has 20 heavy (non-hydrogen) atoms. The van der Waals surface area contributed by atoms with Crippen LogP contribution in [0.1, 0.15) is 23.2 Å². The van der Waals surface area contributed by atoms with Crippen molar-refractivity contribution in [2.75, 3.05) is 32.5 Å². The van der Waals surface area contributed by atoms with Gasteiger partial charge < -0.3 is 15.4 Å². The van der Waals surface area contributed by atoms with E-state index in [0.717, 1.165) is 32.5 Å². The number of hydrogen-bond acceptors (Lipinski definition) is 3. The second-order valence-corrected chi connectivity index (χ2v) is 5.34. The van der Waals surface area contributed by atoms with Crippen LogP contribution in [0.5, 0.6) is 0 Å². The molecule has 1 amide bonds. The summed E-state index contributed by atoms with van der Waals surface area (Å²) in [6.07, 6.45) is 1.96. The maximum absolute atomic E-state index is 12.4. The van der Waals surface area contributed by atoms with E-state index in [-0.39, 0.29) is 18.3 Å². The number of carbonyl (C=O) groups excluding carboxylic acids is 1. The Hall–Kier alpha value is -0.970. The van der Waals surface area contributed by atoms with Crippen LogP contribution in [0, 0.1) is 5.92 Å². The summed E-state index contributed by atoms with van der Waals surface area (Å²) in [4.78, 5) is 14.2. The van der Waals surface area contributed by atoms with Gasteiger partial charge in [-0.25, -0.2) is 0 Å². The molecule has 0 atom stereocenters. The van der Waals surface area contributed by atoms with Crippen LogP contribution in [0.4, 0.5) is 5.69 Å². The third-order valence-electron chi connectivity index (χ3n) is 3.53. The summed E-state index contributed by atoms with van der Waals surface area (Å²) < 4.78 is 5.16. The van der Waals surface area contributed by atoms with E-state index in [4.69, 9.17) is 22.1 Å². The van der Waals surface area contributed by atoms with Gasteiger partial charge in [-0.05, 0) is 37.0 Å². The fraction of sp³-hybridized carbons (Fsp3) is 0.500. The third kappa shape index (κ3) is 4.01. The average Bonchev–Trinajstić information content (AvgIpc) is 2.39. The molecule has 1 saturated heterocycles. The predicted octanol–water partition coefficient (Wildman–Crippen LogP) is 2.84. The highest BCUT2D eigenvalue weighted by molar-refractivity contribution is 6.34. The second-order valence-electron chi connectivity index (χ2n) is 4.93. The number of piperidine rings is 1. The molecule has 1 aliphatic rings. The monoisotopic (exact) mass is 318 g/mol. The van der Waals surface area contributed by atoms with Gasteiger partial charge in [-0.1, -0.05) is 11.6 Å². The molecular formula is C14H20Cl2N2O2. The lowest BCUT2D eigenvalue weighted by Crippen LogP contribution is -2.39. The highest BCUT2D eigenvalue weighted by atomic mass is 35.5. The average molecular weight is 319 g/mol. The number of hydrogen-bond donors (Lipinski definition) is 1. The molecular weight excluding hydrogens is 299 g/mol. The molecule has 1 heterocycles. The largest absolute Gasteiger partial charge is 0.399 e. The van der Waals surface area contributed by atoms with Gasteiger partial charge in [-0.2, -0.15) is 0 Å². The van der Waals surface area contributed by atoms with Gasteiger partial charge in [0.05, 0.1) is 10.6 Å². The minimum atomic E-state index is -0.0131. The van der Waals surface area contributed by atoms with E-state index < -0.39 is 0 Å². The van der Waals surface area contributed by atoms with E-state index in [1.54, 1.807) is 25.3 Å². The van der Waals surface area contributed by atoms with Gasteiger partial charge in [0.25, 0.3) is 5.91 Å². The molecule has 2 N–H and O–H groups in total. The Bertz CT molecular complexity index is 460. The number of nitrogen functional groups attached to an aromatic ring is 1. The minimum absolute atomic E-state index is 0. The molecule has 112 valence electrons. The number of nitrogens with two attached hydrogens (primary N) is 1. The van der Waals surface area contributed by atoms with Crippen molar-refractivity contribution in [3.05, 3.63) is 28.8 Å². The van der Waals surface area contributed by atoms with Gasteiger partial charge in [0, 0.05) is 32.5 Å². The van der Waals surface area contributed by atoms with Crippen molar-refractivity contribution < 1.29 is 9.53 Å². The molecule has 0 saturated carbocycles. The first-order valence-corrected chi connectivity index (χ1v) is 6.83. The number of likely N-dealkylation sites (tertiary alicyclic amines) is 1. The Morgan fingerprint density at radius 3 is 2.65 bits per heavy atom. The fourth-order valence-electron chi connectivity index (χ4n) is 2.41. The number of methoxy groups -OCH3 is 1. The smallest absolute Gasteiger partial charge is 0.255 e. The lowest BCUT2D eigenvalue weighted by atomic mass is 9.97. The minimum Gasteiger partial charge on any atom is -0.399 e. The summed E-state index contributed by atoms with van der Waals surface area (Å²) in [5, 5.41) is 0.420. The highest BCUT2D eigenvalue weighted by Gasteiger charge is 2.24. The van der Waals surface area contributed by atoms with Gasteiger partial charge in [-0.15, -0.1) is 12.4 Å². The molecule has 4 nitrogen and oxygen atoms in total. The molecule has 0 bridgehead atoms. The van der Waals surface area contributed by atoms with E-state index in [0.29, 0.717) is 22.2 Å². The Morgan fingerprint density at radius 1 is 1.45 bits per heavy atom. The maximum Gasteiger partial charge on any atom is 0.255 e. The Labute approximate surface area is 130 Å². The first-order valence-electron chi connectivity index (χ1n) is 6.45. The lowest BCUT2D eigenvalue weighted by molar-refractivity contribution is 0.0614. The van der Waals surface area contributed by atoms with E-state index >= 15 is 0 Å². The number of halogens is 2. The molecule has 1 aromatic rings. The van der Waals surface area contributed by atoms with Gasteiger partial charge in [0.2, 0.25) is 0 Å². The van der Waals surface area contributed by atoms with E-state index in [9.17, 15) is 4.79 Å². The van der Waals surface area contributed by atoms with Crippen LogP contribution < -0.4 is 5.73 Å². The molecule has 0 spiro atoms. The molecule has 1 aliphatic heterocycles. The Morgan fingerprint density at radius 2 is 2.10 bits per heavy atom. The van der Waals surface area contributed by atoms with Crippen molar-refractivity contribution in [1.29, 1.82) is 0 Å². The van der Waals surface area contributed by atoms with Crippen molar-refractivity contribution in [1.82, 2.24) is 4.90 Å². The van der Waals surface area contributed by atoms with Crippen molar-refractivity contribution >= 4 is 35.6 Å². The van der Waals surface area contributed by atoms with Crippen LogP contribution in [0.15, 0.2) is 18.2 Å². The number of anilines is 1. The number of carbonyl (C=O) groups is 1. The molecule has 1 fully saturated rings. The zero-order valence-corrected chi connectivity index (χ0v) is 13.0. The van der Waals surface area contributed by atoms with Crippen molar-refractivity contribution in [3.63, 3.8) is 0 Å². The van der Waals surface area contributed by atoms with Crippen LogP contribution in [0.25, 0.3) is 0 Å². The summed E-state index contributed by atoms with van der Waals surface area (Å²) in [6, 6.07) is 5.02. The fourth-order valence-corrected chi connectivity index (χ4v) is 2.68. The maximum atomic E-state index is 12.4. The van der Waals surface area contributed by atoms with Crippen molar-refractivity contribution in [3.8, 4) is 0 Å². The van der Waals surface area contributed by atoms with Crippen LogP contribution in [0.3, 0.4) is 0 Å². The zero-order valence-electron chi connectivity index (χ0n) is 11.5. The quantitative estimate of drug-likeness (QED) is 0.872. The van der Waals surface area contributed by atoms with Crippen LogP contribution >= 0.6 is 24.0 Å². The molecule has 0 unspecified atom stereocenters. The number of rotatable bonds is 3. The normalized spacial score (nSPS) is 15.8. The Balaban J connectivity index is 0.00000200. The molecule has 0 aliphatic carbocycles. The summed E-state index contributed by atoms with van der Waals surface area (Å²) >= 11 is 6.07. The van der Waals surface area contributed by atoms with E-state index in [2.05, 4.69) is 0 Å².